The second kappa shape index (κ2) is 6.56. The fourth-order valence-electron chi connectivity index (χ4n) is 1.34. The van der Waals surface area contributed by atoms with Crippen molar-refractivity contribution in [2.24, 2.45) is 0 Å². The van der Waals surface area contributed by atoms with Crippen molar-refractivity contribution in [1.82, 2.24) is 10.0 Å². The first kappa shape index (κ1) is 16.2. The number of benzene rings is 1. The van der Waals surface area contributed by atoms with Crippen molar-refractivity contribution in [2.45, 2.75) is 24.8 Å². The van der Waals surface area contributed by atoms with Crippen LogP contribution in [0.5, 0.6) is 0 Å². The van der Waals surface area contributed by atoms with Gasteiger partial charge in [-0.15, -0.1) is 0 Å². The highest BCUT2D eigenvalue weighted by molar-refractivity contribution is 7.89. The molecule has 0 aromatic heterocycles. The van der Waals surface area contributed by atoms with Crippen molar-refractivity contribution in [3.63, 3.8) is 0 Å². The topological polar surface area (TPSA) is 75.3 Å². The molecule has 1 amide bonds. The Morgan fingerprint density at radius 3 is 2.26 bits per heavy atom. The molecule has 0 spiro atoms. The Hall–Kier alpha value is -0.820. The van der Waals surface area contributed by atoms with Crippen LogP contribution in [-0.4, -0.2) is 26.9 Å². The van der Waals surface area contributed by atoms with Gasteiger partial charge in [-0.2, -0.15) is 0 Å². The quantitative estimate of drug-likeness (QED) is 0.867. The number of hydrogen-bond acceptors (Lipinski definition) is 3. The largest absolute Gasteiger partial charge is 0.353 e. The van der Waals surface area contributed by atoms with E-state index in [1.807, 2.05) is 0 Å². The van der Waals surface area contributed by atoms with E-state index < -0.39 is 15.9 Å². The van der Waals surface area contributed by atoms with E-state index in [-0.39, 0.29) is 27.5 Å². The summed E-state index contributed by atoms with van der Waals surface area (Å²) in [6, 6.07) is 4.29. The van der Waals surface area contributed by atoms with Gasteiger partial charge in [-0.3, -0.25) is 4.79 Å². The monoisotopic (exact) mass is 324 g/mol. The van der Waals surface area contributed by atoms with Crippen molar-refractivity contribution in [2.75, 3.05) is 6.54 Å². The smallest absolute Gasteiger partial charge is 0.244 e. The summed E-state index contributed by atoms with van der Waals surface area (Å²) in [7, 11) is -3.93. The second-order valence-electron chi connectivity index (χ2n) is 4.10. The molecule has 0 bridgehead atoms. The number of halogens is 2. The van der Waals surface area contributed by atoms with Gasteiger partial charge in [0.2, 0.25) is 15.9 Å². The zero-order valence-electron chi connectivity index (χ0n) is 10.4. The lowest BCUT2D eigenvalue weighted by Crippen LogP contribution is -2.39. The lowest BCUT2D eigenvalue weighted by Gasteiger charge is -2.11. The fourth-order valence-corrected chi connectivity index (χ4v) is 3.47. The normalized spacial score (nSPS) is 11.6. The third kappa shape index (κ3) is 4.65. The molecule has 0 aliphatic carbocycles. The van der Waals surface area contributed by atoms with Gasteiger partial charge in [-0.1, -0.05) is 29.3 Å². The van der Waals surface area contributed by atoms with Crippen LogP contribution in [0.1, 0.15) is 13.8 Å². The summed E-state index contributed by atoms with van der Waals surface area (Å²) in [6.07, 6.45) is 0. The maximum atomic E-state index is 12.0. The predicted molar refractivity (Wildman–Crippen MR) is 74.9 cm³/mol. The van der Waals surface area contributed by atoms with E-state index in [4.69, 9.17) is 23.2 Å². The lowest BCUT2D eigenvalue weighted by atomic mass is 10.4. The van der Waals surface area contributed by atoms with Gasteiger partial charge in [0.15, 0.2) is 0 Å². The molecule has 1 rings (SSSR count). The van der Waals surface area contributed by atoms with E-state index >= 15 is 0 Å². The highest BCUT2D eigenvalue weighted by Gasteiger charge is 2.22. The summed E-state index contributed by atoms with van der Waals surface area (Å²) in [5.74, 6) is -0.429. The number of carbonyl (C=O) groups is 1. The van der Waals surface area contributed by atoms with Gasteiger partial charge in [0, 0.05) is 6.04 Å². The summed E-state index contributed by atoms with van der Waals surface area (Å²) in [5.41, 5.74) is 0. The second-order valence-corrected chi connectivity index (χ2v) is 6.62. The number of nitrogens with one attached hydrogen (secondary N) is 2. The van der Waals surface area contributed by atoms with Crippen molar-refractivity contribution in [3.8, 4) is 0 Å². The molecule has 0 heterocycles. The Balaban J connectivity index is 2.85. The van der Waals surface area contributed by atoms with Gasteiger partial charge < -0.3 is 5.32 Å². The van der Waals surface area contributed by atoms with E-state index in [2.05, 4.69) is 10.0 Å². The minimum Gasteiger partial charge on any atom is -0.353 e. The zero-order valence-corrected chi connectivity index (χ0v) is 12.7. The zero-order chi connectivity index (χ0) is 14.6. The molecule has 0 fully saturated rings. The molecule has 0 aliphatic heterocycles. The third-order valence-corrected chi connectivity index (χ3v) is 4.42. The van der Waals surface area contributed by atoms with Crippen molar-refractivity contribution in [3.05, 3.63) is 28.2 Å². The summed E-state index contributed by atoms with van der Waals surface area (Å²) in [4.78, 5) is 11.2. The van der Waals surface area contributed by atoms with Crippen molar-refractivity contribution >= 4 is 39.1 Å². The third-order valence-electron chi connectivity index (χ3n) is 2.06. The highest BCUT2D eigenvalue weighted by Crippen LogP contribution is 2.28. The van der Waals surface area contributed by atoms with E-state index in [1.54, 1.807) is 13.8 Å². The summed E-state index contributed by atoms with van der Waals surface area (Å²) >= 11 is 11.6. The maximum Gasteiger partial charge on any atom is 0.244 e. The van der Waals surface area contributed by atoms with Gasteiger partial charge in [0.1, 0.15) is 4.90 Å². The molecule has 1 aromatic rings. The van der Waals surface area contributed by atoms with Gasteiger partial charge in [-0.05, 0) is 26.0 Å². The van der Waals surface area contributed by atoms with Crippen LogP contribution in [0.25, 0.3) is 0 Å². The number of amides is 1. The summed E-state index contributed by atoms with van der Waals surface area (Å²) in [6.45, 7) is 3.18. The number of carbonyl (C=O) groups excluding carboxylic acids is 1. The first-order chi connectivity index (χ1) is 8.74. The van der Waals surface area contributed by atoms with E-state index in [0.717, 1.165) is 0 Å². The average Bonchev–Trinajstić information content (AvgIpc) is 2.25. The van der Waals surface area contributed by atoms with Gasteiger partial charge in [0.05, 0.1) is 16.6 Å². The molecule has 1 aromatic carbocycles. The molecule has 8 heteroatoms. The molecule has 0 atom stereocenters. The van der Waals surface area contributed by atoms with Crippen LogP contribution in [-0.2, 0) is 14.8 Å². The molecular formula is C11H14Cl2N2O3S. The molecule has 0 saturated carbocycles. The number of sulfonamides is 1. The molecular weight excluding hydrogens is 311 g/mol. The van der Waals surface area contributed by atoms with Crippen LogP contribution >= 0.6 is 23.2 Å². The Bertz CT molecular complexity index is 553. The summed E-state index contributed by atoms with van der Waals surface area (Å²) in [5, 5.41) is 2.57. The highest BCUT2D eigenvalue weighted by atomic mass is 35.5. The molecule has 106 valence electrons. The van der Waals surface area contributed by atoms with Crippen LogP contribution < -0.4 is 10.0 Å². The van der Waals surface area contributed by atoms with E-state index in [9.17, 15) is 13.2 Å². The van der Waals surface area contributed by atoms with Crippen LogP contribution in [0.15, 0.2) is 23.1 Å². The summed E-state index contributed by atoms with van der Waals surface area (Å²) < 4.78 is 26.2. The number of hydrogen-bond donors (Lipinski definition) is 2. The van der Waals surface area contributed by atoms with Crippen LogP contribution in [0.4, 0.5) is 0 Å². The molecule has 0 saturated heterocycles. The minimum absolute atomic E-state index is 0.00395. The maximum absolute atomic E-state index is 12.0. The first-order valence-electron chi connectivity index (χ1n) is 5.47. The van der Waals surface area contributed by atoms with Crippen LogP contribution in [0.3, 0.4) is 0 Å². The van der Waals surface area contributed by atoms with Crippen molar-refractivity contribution < 1.29 is 13.2 Å². The minimum atomic E-state index is -3.93. The Labute approximate surface area is 122 Å². The average molecular weight is 325 g/mol. The Morgan fingerprint density at radius 1 is 1.26 bits per heavy atom. The number of rotatable bonds is 5. The van der Waals surface area contributed by atoms with Gasteiger partial charge in [-0.25, -0.2) is 13.1 Å². The standard InChI is InChI=1S/C11H14Cl2N2O3S/c1-7(2)15-10(16)6-14-19(17,18)11-8(12)4-3-5-9(11)13/h3-5,7,14H,6H2,1-2H3,(H,15,16). The lowest BCUT2D eigenvalue weighted by molar-refractivity contribution is -0.120. The fraction of sp³-hybridized carbons (Fsp3) is 0.364. The van der Waals surface area contributed by atoms with E-state index in [1.165, 1.54) is 18.2 Å². The molecule has 5 nitrogen and oxygen atoms in total. The van der Waals surface area contributed by atoms with Gasteiger partial charge >= 0.3 is 0 Å². The van der Waals surface area contributed by atoms with Crippen LogP contribution in [0.2, 0.25) is 10.0 Å². The Kier molecular flexibility index (Phi) is 5.61. The van der Waals surface area contributed by atoms with Crippen LogP contribution in [0, 0.1) is 0 Å². The predicted octanol–water partition coefficient (Wildman–Crippen LogP) is 1.80. The SMILES string of the molecule is CC(C)NC(=O)CNS(=O)(=O)c1c(Cl)cccc1Cl. The Morgan fingerprint density at radius 2 is 1.79 bits per heavy atom. The molecule has 0 aliphatic rings. The molecule has 2 N–H and O–H groups in total. The first-order valence-corrected chi connectivity index (χ1v) is 7.71. The van der Waals surface area contributed by atoms with Crippen molar-refractivity contribution in [1.29, 1.82) is 0 Å². The van der Waals surface area contributed by atoms with E-state index in [0.29, 0.717) is 0 Å². The molecule has 0 unspecified atom stereocenters. The van der Waals surface area contributed by atoms with Gasteiger partial charge in [0.25, 0.3) is 0 Å². The molecule has 0 radical (unpaired) electrons. The molecule has 19 heavy (non-hydrogen) atoms.